The Kier molecular flexibility index (Phi) is 2.11. The van der Waals surface area contributed by atoms with E-state index < -0.39 is 0 Å². The van der Waals surface area contributed by atoms with Crippen molar-refractivity contribution in [3.8, 4) is 0 Å². The lowest BCUT2D eigenvalue weighted by atomic mass is 9.94. The number of aryl methyl sites for hydroxylation is 1. The Morgan fingerprint density at radius 2 is 1.89 bits per heavy atom. The number of aromatic nitrogens is 2. The van der Waals surface area contributed by atoms with Crippen LogP contribution in [0.4, 0.5) is 5.82 Å². The average molecular weight is 241 g/mol. The van der Waals surface area contributed by atoms with E-state index in [1.54, 1.807) is 10.9 Å². The van der Waals surface area contributed by atoms with Crippen LogP contribution in [0.1, 0.15) is 29.8 Å². The molecule has 0 radical (unpaired) electrons. The Labute approximate surface area is 106 Å². The Bertz CT molecular complexity index is 627. The van der Waals surface area contributed by atoms with Gasteiger partial charge in [-0.3, -0.25) is 14.4 Å². The molecule has 4 nitrogen and oxygen atoms in total. The summed E-state index contributed by atoms with van der Waals surface area (Å²) in [5, 5.41) is 4.15. The van der Waals surface area contributed by atoms with Gasteiger partial charge >= 0.3 is 0 Å². The number of hydrogen-bond donors (Lipinski definition) is 0. The van der Waals surface area contributed by atoms with Gasteiger partial charge in [-0.1, -0.05) is 18.2 Å². The van der Waals surface area contributed by atoms with Crippen LogP contribution in [0.15, 0.2) is 36.5 Å². The lowest BCUT2D eigenvalue weighted by molar-refractivity contribution is 0.0980. The molecule has 0 unspecified atom stereocenters. The van der Waals surface area contributed by atoms with Gasteiger partial charge in [-0.15, -0.1) is 0 Å². The summed E-state index contributed by atoms with van der Waals surface area (Å²) >= 11 is 0. The van der Waals surface area contributed by atoms with Gasteiger partial charge in [-0.25, -0.2) is 0 Å². The number of carbonyl (C=O) groups is 1. The molecule has 0 N–H and O–H groups in total. The Morgan fingerprint density at radius 3 is 2.50 bits per heavy atom. The maximum atomic E-state index is 12.5. The van der Waals surface area contributed by atoms with Crippen molar-refractivity contribution >= 4 is 11.7 Å². The van der Waals surface area contributed by atoms with Gasteiger partial charge in [-0.2, -0.15) is 5.10 Å². The quantitative estimate of drug-likeness (QED) is 0.768. The molecule has 2 heterocycles. The number of hydrogen-bond acceptors (Lipinski definition) is 2. The predicted octanol–water partition coefficient (Wildman–Crippen LogP) is 2.32. The zero-order valence-electron chi connectivity index (χ0n) is 10.7. The highest BCUT2D eigenvalue weighted by atomic mass is 16.2. The van der Waals surface area contributed by atoms with Crippen LogP contribution in [0, 0.1) is 0 Å². The van der Waals surface area contributed by atoms with E-state index in [1.807, 2.05) is 42.3 Å². The number of rotatable bonds is 1. The largest absolute Gasteiger partial charge is 0.283 e. The molecule has 3 rings (SSSR count). The molecule has 0 atom stereocenters. The van der Waals surface area contributed by atoms with Crippen LogP contribution >= 0.6 is 0 Å². The molecule has 0 fully saturated rings. The van der Waals surface area contributed by atoms with Crippen LogP contribution in [0.2, 0.25) is 0 Å². The first kappa shape index (κ1) is 11.0. The first-order valence-electron chi connectivity index (χ1n) is 5.95. The molecule has 1 aliphatic heterocycles. The standard InChI is InChI=1S/C14H15N3O/c1-14(2)11-7-5-4-6-10(11)13(18)17(14)12-8-9-15-16(12)3/h4-9H,1-3H3. The second-order valence-corrected chi connectivity index (χ2v) is 5.06. The van der Waals surface area contributed by atoms with Gasteiger partial charge < -0.3 is 0 Å². The van der Waals surface area contributed by atoms with E-state index in [1.165, 1.54) is 0 Å². The second-order valence-electron chi connectivity index (χ2n) is 5.06. The summed E-state index contributed by atoms with van der Waals surface area (Å²) in [4.78, 5) is 14.4. The SMILES string of the molecule is Cn1nccc1N1C(=O)c2ccccc2C1(C)C. The molecule has 0 saturated heterocycles. The van der Waals surface area contributed by atoms with E-state index in [-0.39, 0.29) is 11.4 Å². The van der Waals surface area contributed by atoms with E-state index in [9.17, 15) is 4.79 Å². The van der Waals surface area contributed by atoms with Crippen molar-refractivity contribution in [1.82, 2.24) is 9.78 Å². The molecule has 1 aromatic heterocycles. The summed E-state index contributed by atoms with van der Waals surface area (Å²) in [5.41, 5.74) is 1.50. The first-order valence-corrected chi connectivity index (χ1v) is 5.95. The van der Waals surface area contributed by atoms with Gasteiger partial charge in [0, 0.05) is 18.7 Å². The summed E-state index contributed by atoms with van der Waals surface area (Å²) in [6.45, 7) is 4.12. The number of benzene rings is 1. The highest BCUT2D eigenvalue weighted by Crippen LogP contribution is 2.41. The van der Waals surface area contributed by atoms with E-state index in [2.05, 4.69) is 18.9 Å². The maximum Gasteiger partial charge on any atom is 0.260 e. The topological polar surface area (TPSA) is 38.1 Å². The van der Waals surface area contributed by atoms with Crippen molar-refractivity contribution < 1.29 is 4.79 Å². The molecule has 0 bridgehead atoms. The van der Waals surface area contributed by atoms with Crippen molar-refractivity contribution in [3.05, 3.63) is 47.7 Å². The summed E-state index contributed by atoms with van der Waals surface area (Å²) in [6, 6.07) is 9.64. The van der Waals surface area contributed by atoms with Crippen LogP contribution in [0.25, 0.3) is 0 Å². The van der Waals surface area contributed by atoms with Crippen LogP contribution in [0.5, 0.6) is 0 Å². The Hall–Kier alpha value is -2.10. The minimum Gasteiger partial charge on any atom is -0.283 e. The lowest BCUT2D eigenvalue weighted by Crippen LogP contribution is -2.40. The highest BCUT2D eigenvalue weighted by molar-refractivity contribution is 6.11. The minimum atomic E-state index is -0.346. The normalized spacial score (nSPS) is 17.1. The van der Waals surface area contributed by atoms with E-state index >= 15 is 0 Å². The number of anilines is 1. The molecule has 4 heteroatoms. The van der Waals surface area contributed by atoms with E-state index in [0.29, 0.717) is 0 Å². The first-order chi connectivity index (χ1) is 8.53. The van der Waals surface area contributed by atoms with Gasteiger partial charge in [0.1, 0.15) is 5.82 Å². The van der Waals surface area contributed by atoms with Gasteiger partial charge in [0.15, 0.2) is 0 Å². The second kappa shape index (κ2) is 3.45. The third-order valence-corrected chi connectivity index (χ3v) is 3.60. The molecule has 1 amide bonds. The summed E-state index contributed by atoms with van der Waals surface area (Å²) in [5.74, 6) is 0.861. The fraction of sp³-hybridized carbons (Fsp3) is 0.286. The van der Waals surface area contributed by atoms with Gasteiger partial charge in [0.2, 0.25) is 0 Å². The van der Waals surface area contributed by atoms with Crippen LogP contribution in [-0.2, 0) is 12.6 Å². The van der Waals surface area contributed by atoms with E-state index in [0.717, 1.165) is 16.9 Å². The van der Waals surface area contributed by atoms with Crippen molar-refractivity contribution in [3.63, 3.8) is 0 Å². The average Bonchev–Trinajstić information content (AvgIpc) is 2.82. The molecule has 0 spiro atoms. The fourth-order valence-corrected chi connectivity index (χ4v) is 2.67. The summed E-state index contributed by atoms with van der Waals surface area (Å²) in [6.07, 6.45) is 1.71. The fourth-order valence-electron chi connectivity index (χ4n) is 2.67. The zero-order valence-corrected chi connectivity index (χ0v) is 10.7. The highest BCUT2D eigenvalue weighted by Gasteiger charge is 2.44. The van der Waals surface area contributed by atoms with Crippen molar-refractivity contribution in [2.24, 2.45) is 7.05 Å². The lowest BCUT2D eigenvalue weighted by Gasteiger charge is -2.32. The van der Waals surface area contributed by atoms with Crippen molar-refractivity contribution in [2.75, 3.05) is 4.90 Å². The maximum absolute atomic E-state index is 12.5. The van der Waals surface area contributed by atoms with Gasteiger partial charge in [0.25, 0.3) is 5.91 Å². The Morgan fingerprint density at radius 1 is 1.17 bits per heavy atom. The smallest absolute Gasteiger partial charge is 0.260 e. The molecular weight excluding hydrogens is 226 g/mol. The van der Waals surface area contributed by atoms with Crippen molar-refractivity contribution in [2.45, 2.75) is 19.4 Å². The van der Waals surface area contributed by atoms with E-state index in [4.69, 9.17) is 0 Å². The summed E-state index contributed by atoms with van der Waals surface area (Å²) in [7, 11) is 1.85. The number of amides is 1. The number of carbonyl (C=O) groups excluding carboxylic acids is 1. The molecule has 18 heavy (non-hydrogen) atoms. The monoisotopic (exact) mass is 241 g/mol. The third-order valence-electron chi connectivity index (χ3n) is 3.60. The molecule has 0 aliphatic carbocycles. The molecule has 1 aliphatic rings. The number of fused-ring (bicyclic) bond motifs is 1. The molecule has 1 aromatic carbocycles. The molecular formula is C14H15N3O. The number of nitrogens with zero attached hydrogens (tertiary/aromatic N) is 3. The Balaban J connectivity index is 2.21. The van der Waals surface area contributed by atoms with Crippen molar-refractivity contribution in [1.29, 1.82) is 0 Å². The molecule has 2 aromatic rings. The molecule has 0 saturated carbocycles. The van der Waals surface area contributed by atoms with Gasteiger partial charge in [0.05, 0.1) is 11.7 Å². The van der Waals surface area contributed by atoms with Crippen LogP contribution in [0.3, 0.4) is 0 Å². The minimum absolute atomic E-state index is 0.0409. The van der Waals surface area contributed by atoms with Gasteiger partial charge in [-0.05, 0) is 25.5 Å². The van der Waals surface area contributed by atoms with Crippen LogP contribution in [-0.4, -0.2) is 15.7 Å². The summed E-state index contributed by atoms with van der Waals surface area (Å²) < 4.78 is 1.73. The zero-order chi connectivity index (χ0) is 12.9. The predicted molar refractivity (Wildman–Crippen MR) is 69.5 cm³/mol. The van der Waals surface area contributed by atoms with Crippen LogP contribution < -0.4 is 4.90 Å². The third kappa shape index (κ3) is 1.26. The molecule has 92 valence electrons.